The minimum Gasteiger partial charge on any atom is -0.748 e. The molecule has 424 valence electrons. The molecule has 1 atom stereocenters. The summed E-state index contributed by atoms with van der Waals surface area (Å²) in [4.78, 5) is 35.5. The lowest BCUT2D eigenvalue weighted by Gasteiger charge is -2.32. The fourth-order valence-corrected chi connectivity index (χ4v) is 6.61. The van der Waals surface area contributed by atoms with Gasteiger partial charge in [-0.1, -0.05) is 54.9 Å². The number of amides is 1. The molecule has 0 fully saturated rings. The van der Waals surface area contributed by atoms with Crippen molar-refractivity contribution in [2.45, 2.75) is 127 Å². The number of aliphatic hydroxyl groups is 1. The molecule has 70 heavy (non-hydrogen) atoms. The van der Waals surface area contributed by atoms with Crippen LogP contribution in [-0.4, -0.2) is 213 Å². The molecule has 0 aliphatic carbocycles. The molecule has 0 radical (unpaired) electrons. The smallest absolute Gasteiger partial charge is 0.311 e. The average Bonchev–Trinajstić information content (AvgIpc) is 3.17. The summed E-state index contributed by atoms with van der Waals surface area (Å²) in [5.41, 5.74) is -1.35. The molecule has 0 bridgehead atoms. The molecule has 0 rings (SSSR count). The molecule has 1 unspecified atom stereocenters. The number of carbonyl (C=O) groups is 3. The summed E-state index contributed by atoms with van der Waals surface area (Å²) in [5, 5.41) is 12.5. The fraction of sp³-hybridized carbons (Fsp3) is 0.933. The van der Waals surface area contributed by atoms with Crippen molar-refractivity contribution in [2.24, 2.45) is 16.2 Å². The third-order valence-corrected chi connectivity index (χ3v) is 17.4. The molecule has 0 aromatic heterocycles. The van der Waals surface area contributed by atoms with Crippen LogP contribution in [0.3, 0.4) is 0 Å². The lowest BCUT2D eigenvalue weighted by atomic mass is 9.89. The van der Waals surface area contributed by atoms with Crippen molar-refractivity contribution in [3.05, 3.63) is 0 Å². The van der Waals surface area contributed by atoms with E-state index in [4.69, 9.17) is 9.47 Å². The third-order valence-electron chi connectivity index (χ3n) is 11.1. The monoisotopic (exact) mass is 1130 g/mol. The van der Waals surface area contributed by atoms with E-state index in [-0.39, 0.29) is 52.4 Å². The van der Waals surface area contributed by atoms with Gasteiger partial charge in [0.15, 0.2) is 0 Å². The number of esters is 2. The Bertz CT molecular complexity index is 1910. The zero-order valence-corrected chi connectivity index (χ0v) is 51.8. The molecule has 0 aliphatic rings. The van der Waals surface area contributed by atoms with Gasteiger partial charge in [-0.05, 0) is 53.6 Å². The van der Waals surface area contributed by atoms with Gasteiger partial charge in [0.05, 0.1) is 109 Å². The number of nitrogens with zero attached hydrogens (tertiary/aromatic N) is 3. The van der Waals surface area contributed by atoms with Crippen molar-refractivity contribution in [1.82, 2.24) is 5.32 Å². The molecular formula is C45H99N4O15P2S4-. The van der Waals surface area contributed by atoms with E-state index < -0.39 is 53.0 Å². The Kier molecular flexibility index (Phi) is 40.9. The van der Waals surface area contributed by atoms with Crippen molar-refractivity contribution in [3.63, 3.8) is 0 Å². The molecule has 1 amide bonds. The molecule has 0 aromatic carbocycles. The van der Waals surface area contributed by atoms with Crippen LogP contribution in [0.15, 0.2) is 0 Å². The second-order valence-corrected chi connectivity index (χ2v) is 32.6. The first kappa shape index (κ1) is 77.8. The maximum absolute atomic E-state index is 11.9. The summed E-state index contributed by atoms with van der Waals surface area (Å²) in [5.74, 6) is -1.91. The molecule has 0 heterocycles. The highest BCUT2D eigenvalue weighted by molar-refractivity contribution is 8.32. The molecule has 2 N–H and O–H groups in total. The van der Waals surface area contributed by atoms with Crippen LogP contribution in [-0.2, 0) is 63.5 Å². The van der Waals surface area contributed by atoms with Crippen molar-refractivity contribution in [3.8, 4) is 0 Å². The van der Waals surface area contributed by atoms with Gasteiger partial charge in [-0.25, -0.2) is 25.3 Å². The standard InChI is InChI=1S/C14H30N2O4S.C13H27NO6S.C13H27NO5S.C3H8.C2H7P2S/c1-6-14(2,3)13(17)15-9-7-10-16(4,5)11-8-12-21(18,19)20;1-6-13(2,3)12(16)20-8-7-14(4,5)9-11(15)10-21(17,18)19;1-6-13(2,3)12(15)19-10-9-14(4,5)8-7-11-20(16,17)18;1-3-2;1-4-5(2)3/h6-12H2,1-5H3,(H-,15,17,18,19,20);11,15H,6-10H2,1-5H3;6-11H2,1-5H3;3H2,1-2H3;3H,1-2H3/q;;;;-1. The van der Waals surface area contributed by atoms with Gasteiger partial charge in [0.1, 0.15) is 39.0 Å². The van der Waals surface area contributed by atoms with Crippen LogP contribution < -0.4 is 5.32 Å². The Morgan fingerprint density at radius 2 is 0.943 bits per heavy atom. The maximum atomic E-state index is 11.9. The number of rotatable bonds is 28. The number of nitrogens with one attached hydrogen (secondary N) is 1. The van der Waals surface area contributed by atoms with E-state index >= 15 is 0 Å². The highest BCUT2D eigenvalue weighted by Gasteiger charge is 2.30. The van der Waals surface area contributed by atoms with Crippen LogP contribution >= 0.6 is 15.4 Å². The second-order valence-electron chi connectivity index (χ2n) is 21.2. The highest BCUT2D eigenvalue weighted by Crippen LogP contribution is 2.23. The van der Waals surface area contributed by atoms with E-state index in [1.807, 2.05) is 76.7 Å². The molecular weight excluding hydrogens is 1030 g/mol. The first-order chi connectivity index (χ1) is 31.3. The van der Waals surface area contributed by atoms with Crippen LogP contribution in [0.5, 0.6) is 0 Å². The van der Waals surface area contributed by atoms with Gasteiger partial charge < -0.3 is 56.3 Å². The number of quaternary nitrogens is 3. The summed E-state index contributed by atoms with van der Waals surface area (Å²) >= 11 is 0. The summed E-state index contributed by atoms with van der Waals surface area (Å²) in [6.45, 7) is 27.5. The maximum Gasteiger partial charge on any atom is 0.311 e. The number of carbonyl (C=O) groups excluding carboxylic acids is 3. The van der Waals surface area contributed by atoms with Crippen molar-refractivity contribution < 1.29 is 81.3 Å². The molecule has 0 saturated heterocycles. The number of hydrogen-bond acceptors (Lipinski definition) is 16. The molecule has 0 aliphatic heterocycles. The first-order valence-electron chi connectivity index (χ1n) is 23.8. The van der Waals surface area contributed by atoms with Crippen molar-refractivity contribution >= 4 is 72.8 Å². The number of ether oxygens (including phenoxy) is 2. The molecule has 0 spiro atoms. The topological polar surface area (TPSA) is 274 Å². The van der Waals surface area contributed by atoms with E-state index in [1.165, 1.54) is 13.8 Å². The van der Waals surface area contributed by atoms with Crippen molar-refractivity contribution in [2.75, 3.05) is 131 Å². The highest BCUT2D eigenvalue weighted by atomic mass is 32.7. The zero-order chi connectivity index (χ0) is 56.7. The van der Waals surface area contributed by atoms with E-state index in [2.05, 4.69) is 40.1 Å². The lowest BCUT2D eigenvalue weighted by molar-refractivity contribution is -0.893. The van der Waals surface area contributed by atoms with Crippen LogP contribution in [0, 0.1) is 16.2 Å². The minimum absolute atomic E-state index is 0.0627. The largest absolute Gasteiger partial charge is 0.748 e. The predicted molar refractivity (Wildman–Crippen MR) is 287 cm³/mol. The average molecular weight is 1130 g/mol. The van der Waals surface area contributed by atoms with Crippen LogP contribution in [0.2, 0.25) is 0 Å². The molecule has 25 heteroatoms. The minimum atomic E-state index is -4.45. The van der Waals surface area contributed by atoms with Gasteiger partial charge in [-0.15, -0.1) is 6.26 Å². The van der Waals surface area contributed by atoms with Crippen LogP contribution in [0.1, 0.15) is 121 Å². The van der Waals surface area contributed by atoms with E-state index in [0.29, 0.717) is 83.2 Å². The summed E-state index contributed by atoms with van der Waals surface area (Å²) in [6.07, 6.45) is 5.85. The normalized spacial score (nSPS) is 13.6. The predicted octanol–water partition coefficient (Wildman–Crippen LogP) is 5.07. The first-order valence-corrected chi connectivity index (χ1v) is 33.3. The van der Waals surface area contributed by atoms with Crippen LogP contribution in [0.4, 0.5) is 0 Å². The Hall–Kier alpha value is -1.07. The SMILES string of the molecule is CCC.CCC(C)(C)C(=O)NCCC[N+](C)(C)CCCS(=O)(=O)[O-].CCC(C)(C)C(=O)OCC[N+](C)(C)CC(O)CS(=O)(=O)[O-].CCC(C)(C)C(=O)OCC[N+](C)(C)CCCS(=O)(=O)[O-].CP=[S-](C)=P. The molecule has 19 nitrogen and oxygen atoms in total. The quantitative estimate of drug-likeness (QED) is 0.0259. The molecule has 0 saturated carbocycles. The van der Waals surface area contributed by atoms with Gasteiger partial charge in [0, 0.05) is 42.7 Å². The van der Waals surface area contributed by atoms with E-state index in [1.54, 1.807) is 27.9 Å². The van der Waals surface area contributed by atoms with Crippen molar-refractivity contribution in [1.29, 1.82) is 0 Å². The van der Waals surface area contributed by atoms with E-state index in [0.717, 1.165) is 19.4 Å². The Balaban J connectivity index is -0.000000279. The van der Waals surface area contributed by atoms with Gasteiger partial charge in [-0.3, -0.25) is 29.8 Å². The fourth-order valence-electron chi connectivity index (χ4n) is 5.07. The van der Waals surface area contributed by atoms with E-state index in [9.17, 15) is 58.4 Å². The number of aliphatic hydroxyl groups excluding tert-OH is 1. The number of hydrogen-bond donors (Lipinski definition) is 2. The van der Waals surface area contributed by atoms with Gasteiger partial charge >= 0.3 is 11.9 Å². The van der Waals surface area contributed by atoms with Gasteiger partial charge in [0.25, 0.3) is 0 Å². The Labute approximate surface area is 432 Å². The lowest BCUT2D eigenvalue weighted by Crippen LogP contribution is -2.49. The van der Waals surface area contributed by atoms with Crippen LogP contribution in [0.25, 0.3) is 0 Å². The third kappa shape index (κ3) is 50.5. The van der Waals surface area contributed by atoms with Gasteiger partial charge in [-0.2, -0.15) is 0 Å². The summed E-state index contributed by atoms with van der Waals surface area (Å²) < 4.78 is 107. The van der Waals surface area contributed by atoms with Gasteiger partial charge in [0.2, 0.25) is 5.91 Å². The number of likely N-dealkylation sites (N-methyl/N-ethyl adjacent to an activating group) is 2. The Morgan fingerprint density at radius 1 is 0.629 bits per heavy atom. The Morgan fingerprint density at radius 3 is 1.24 bits per heavy atom. The summed E-state index contributed by atoms with van der Waals surface area (Å²) in [6, 6.07) is 0. The molecule has 0 aromatic rings. The summed E-state index contributed by atoms with van der Waals surface area (Å²) in [7, 11) is 3.95. The second kappa shape index (κ2) is 36.8. The zero-order valence-electron chi connectivity index (χ0n) is 46.6.